The number of hydrogen-bond acceptors (Lipinski definition) is 9. The molecule has 1 aliphatic carbocycles. The van der Waals surface area contributed by atoms with Crippen molar-refractivity contribution >= 4 is 29.5 Å². The molecule has 0 N–H and O–H groups in total. The summed E-state index contributed by atoms with van der Waals surface area (Å²) in [5.41, 5.74) is 2.96. The van der Waals surface area contributed by atoms with E-state index in [-0.39, 0.29) is 31.2 Å². The van der Waals surface area contributed by atoms with Crippen LogP contribution in [0.4, 0.5) is 21.0 Å². The molecule has 260 valence electrons. The third-order valence-electron chi connectivity index (χ3n) is 8.64. The lowest BCUT2D eigenvalue weighted by atomic mass is 9.98. The van der Waals surface area contributed by atoms with Gasteiger partial charge in [-0.25, -0.2) is 14.5 Å². The lowest BCUT2D eigenvalue weighted by Crippen LogP contribution is -2.49. The van der Waals surface area contributed by atoms with E-state index in [1.165, 1.54) is 12.1 Å². The summed E-state index contributed by atoms with van der Waals surface area (Å²) in [5, 5.41) is 11.9. The zero-order chi connectivity index (χ0) is 35.5. The van der Waals surface area contributed by atoms with Crippen LogP contribution in [0.25, 0.3) is 11.1 Å². The number of benzene rings is 3. The van der Waals surface area contributed by atoms with Crippen molar-refractivity contribution in [2.45, 2.75) is 58.7 Å². The molecule has 12 nitrogen and oxygen atoms in total. The van der Waals surface area contributed by atoms with Crippen LogP contribution in [0.5, 0.6) is 0 Å². The van der Waals surface area contributed by atoms with Crippen molar-refractivity contribution in [3.63, 3.8) is 0 Å². The van der Waals surface area contributed by atoms with Gasteiger partial charge in [0.2, 0.25) is 0 Å². The first-order chi connectivity index (χ1) is 23.2. The molecule has 1 heterocycles. The Morgan fingerprint density at radius 3 is 2.04 bits per heavy atom. The van der Waals surface area contributed by atoms with E-state index in [9.17, 15) is 24.5 Å². The largest absolute Gasteiger partial charge is 0.448 e. The van der Waals surface area contributed by atoms with Crippen molar-refractivity contribution in [3.05, 3.63) is 93.5 Å². The Balaban J connectivity index is 1.23. The smallest absolute Gasteiger partial charge is 0.417 e. The first-order valence-corrected chi connectivity index (χ1v) is 16.5. The Labute approximate surface area is 286 Å². The zero-order valence-electron chi connectivity index (χ0n) is 28.9. The first kappa shape index (κ1) is 35.3. The van der Waals surface area contributed by atoms with Gasteiger partial charge in [-0.2, -0.15) is 0 Å². The number of nitro benzene ring substituents is 1. The summed E-state index contributed by atoms with van der Waals surface area (Å²) >= 11 is 0. The number of rotatable bonds is 9. The van der Waals surface area contributed by atoms with Crippen LogP contribution in [0.15, 0.2) is 66.7 Å². The van der Waals surface area contributed by atoms with Crippen molar-refractivity contribution in [2.24, 2.45) is 0 Å². The maximum Gasteiger partial charge on any atom is 0.417 e. The Morgan fingerprint density at radius 2 is 1.49 bits per heavy atom. The van der Waals surface area contributed by atoms with Crippen molar-refractivity contribution in [2.75, 3.05) is 50.8 Å². The molecule has 1 saturated heterocycles. The molecular weight excluding hydrogens is 628 g/mol. The molecule has 0 saturated carbocycles. The van der Waals surface area contributed by atoms with Gasteiger partial charge < -0.3 is 24.0 Å². The number of imide groups is 1. The summed E-state index contributed by atoms with van der Waals surface area (Å²) in [5.74, 6) is -0.887. The molecule has 1 fully saturated rings. The Hall–Kier alpha value is -4.97. The predicted molar refractivity (Wildman–Crippen MR) is 185 cm³/mol. The van der Waals surface area contributed by atoms with Crippen molar-refractivity contribution in [1.82, 2.24) is 9.80 Å². The summed E-state index contributed by atoms with van der Waals surface area (Å²) in [6, 6.07) is 20.6. The van der Waals surface area contributed by atoms with E-state index < -0.39 is 39.9 Å². The van der Waals surface area contributed by atoms with Crippen molar-refractivity contribution in [3.8, 4) is 11.1 Å². The highest BCUT2D eigenvalue weighted by Crippen LogP contribution is 2.44. The van der Waals surface area contributed by atoms with Gasteiger partial charge in [0, 0.05) is 50.4 Å². The van der Waals surface area contributed by atoms with Crippen LogP contribution in [0.2, 0.25) is 0 Å². The fraction of sp³-hybridized carbons (Fsp3) is 0.432. The van der Waals surface area contributed by atoms with E-state index in [0.717, 1.165) is 27.2 Å². The van der Waals surface area contributed by atoms with Gasteiger partial charge in [0.15, 0.2) is 0 Å². The van der Waals surface area contributed by atoms with E-state index in [1.54, 1.807) is 31.7 Å². The highest BCUT2D eigenvalue weighted by atomic mass is 16.6. The Kier molecular flexibility index (Phi) is 10.3. The Morgan fingerprint density at radius 1 is 0.898 bits per heavy atom. The van der Waals surface area contributed by atoms with Crippen LogP contribution in [-0.4, -0.2) is 90.0 Å². The normalized spacial score (nSPS) is 14.6. The molecule has 2 aliphatic rings. The number of amides is 3. The van der Waals surface area contributed by atoms with E-state index in [1.807, 2.05) is 49.9 Å². The van der Waals surface area contributed by atoms with Gasteiger partial charge in [0.1, 0.15) is 17.8 Å². The van der Waals surface area contributed by atoms with Crippen LogP contribution in [0.1, 0.15) is 68.9 Å². The number of hydrogen-bond donors (Lipinski definition) is 0. The minimum atomic E-state index is -1.06. The van der Waals surface area contributed by atoms with E-state index in [0.29, 0.717) is 31.9 Å². The monoisotopic (exact) mass is 672 g/mol. The fourth-order valence-corrected chi connectivity index (χ4v) is 6.10. The number of piperazine rings is 1. The molecule has 0 aromatic heterocycles. The molecular formula is C37H44N4O8. The molecule has 3 amide bonds. The van der Waals surface area contributed by atoms with Gasteiger partial charge in [-0.15, -0.1) is 0 Å². The summed E-state index contributed by atoms with van der Waals surface area (Å²) in [6.45, 7) is 12.3. The molecule has 1 aliphatic heterocycles. The van der Waals surface area contributed by atoms with Crippen LogP contribution in [-0.2, 0) is 14.2 Å². The average Bonchev–Trinajstić information content (AvgIpc) is 3.39. The zero-order valence-corrected chi connectivity index (χ0v) is 28.9. The van der Waals surface area contributed by atoms with Crippen molar-refractivity contribution < 1.29 is 33.5 Å². The molecule has 3 aromatic rings. The van der Waals surface area contributed by atoms with Gasteiger partial charge in [-0.05, 0) is 75.9 Å². The quantitative estimate of drug-likeness (QED) is 0.177. The van der Waals surface area contributed by atoms with Gasteiger partial charge in [0.25, 0.3) is 11.6 Å². The van der Waals surface area contributed by atoms with Crippen molar-refractivity contribution in [1.29, 1.82) is 0 Å². The fourth-order valence-electron chi connectivity index (χ4n) is 6.10. The highest BCUT2D eigenvalue weighted by molar-refractivity contribution is 6.06. The summed E-state index contributed by atoms with van der Waals surface area (Å²) in [6.07, 6.45) is -1.33. The van der Waals surface area contributed by atoms with Crippen LogP contribution in [0, 0.1) is 10.1 Å². The second-order valence-electron chi connectivity index (χ2n) is 13.8. The number of nitrogens with zero attached hydrogens (tertiary/aromatic N) is 4. The molecule has 0 radical (unpaired) electrons. The number of fused-ring (bicyclic) bond motifs is 3. The molecule has 3 aromatic carbocycles. The SMILES string of the molecule is CCN(C(=O)OC(C)(C)COC(C)(C)C)C(=O)c1cc(N2CCN(C(=O)OCC3c4ccccc4-c4ccccc43)CC2)ccc1[N+](=O)[O-]. The van der Waals surface area contributed by atoms with E-state index in [2.05, 4.69) is 24.3 Å². The third-order valence-corrected chi connectivity index (χ3v) is 8.64. The van der Waals surface area contributed by atoms with E-state index >= 15 is 0 Å². The summed E-state index contributed by atoms with van der Waals surface area (Å²) in [7, 11) is 0. The summed E-state index contributed by atoms with van der Waals surface area (Å²) in [4.78, 5) is 55.7. The Bertz CT molecular complexity index is 1680. The lowest BCUT2D eigenvalue weighted by molar-refractivity contribution is -0.385. The van der Waals surface area contributed by atoms with Gasteiger partial charge >= 0.3 is 12.2 Å². The second-order valence-corrected chi connectivity index (χ2v) is 13.8. The molecule has 0 bridgehead atoms. The van der Waals surface area contributed by atoms with Gasteiger partial charge in [-0.3, -0.25) is 14.9 Å². The standard InChI is InChI=1S/C37H44N4O8/c1-7-40(35(44)49-37(5,6)24-48-36(2,3)4)33(42)30-22-25(16-17-32(30)41(45)46)38-18-20-39(21-19-38)34(43)47-23-31-28-14-10-8-12-26(28)27-13-9-11-15-29(27)31/h8-17,22,31H,7,18-21,23-24H2,1-6H3. The number of anilines is 1. The molecule has 49 heavy (non-hydrogen) atoms. The van der Waals surface area contributed by atoms with Gasteiger partial charge in [0.05, 0.1) is 17.1 Å². The topological polar surface area (TPSA) is 132 Å². The van der Waals surface area contributed by atoms with Crippen LogP contribution < -0.4 is 4.90 Å². The second kappa shape index (κ2) is 14.3. The highest BCUT2D eigenvalue weighted by Gasteiger charge is 2.35. The maximum atomic E-state index is 13.7. The molecule has 5 rings (SSSR count). The molecule has 0 unspecified atom stereocenters. The predicted octanol–water partition coefficient (Wildman–Crippen LogP) is 6.86. The number of ether oxygens (including phenoxy) is 3. The van der Waals surface area contributed by atoms with Crippen LogP contribution >= 0.6 is 0 Å². The molecule has 0 spiro atoms. The van der Waals surface area contributed by atoms with Gasteiger partial charge in [-0.1, -0.05) is 48.5 Å². The number of nitro groups is 1. The number of carbonyl (C=O) groups is 3. The minimum Gasteiger partial charge on any atom is -0.448 e. The minimum absolute atomic E-state index is 0.0448. The lowest BCUT2D eigenvalue weighted by Gasteiger charge is -2.36. The molecule has 0 atom stereocenters. The van der Waals surface area contributed by atoms with E-state index in [4.69, 9.17) is 14.2 Å². The average molecular weight is 673 g/mol. The first-order valence-electron chi connectivity index (χ1n) is 16.5. The number of carbonyl (C=O) groups excluding carboxylic acids is 3. The van der Waals surface area contributed by atoms with Crippen LogP contribution in [0.3, 0.4) is 0 Å². The maximum absolute atomic E-state index is 13.7. The third kappa shape index (κ3) is 8.02. The summed E-state index contributed by atoms with van der Waals surface area (Å²) < 4.78 is 17.2. The molecule has 12 heteroatoms.